The second-order valence-corrected chi connectivity index (χ2v) is 2.79. The Morgan fingerprint density at radius 1 is 1.33 bits per heavy atom. The lowest BCUT2D eigenvalue weighted by molar-refractivity contribution is -0.695. The number of aliphatic hydroxyl groups is 2. The quantitative estimate of drug-likeness (QED) is 0.412. The van der Waals surface area contributed by atoms with Gasteiger partial charge in [-0.2, -0.15) is 4.57 Å². The smallest absolute Gasteiger partial charge is 0.213 e. The molecule has 3 nitrogen and oxygen atoms in total. The molecule has 0 saturated carbocycles. The van der Waals surface area contributed by atoms with E-state index in [0.29, 0.717) is 6.54 Å². The Labute approximate surface area is 76.7 Å². The van der Waals surface area contributed by atoms with Crippen molar-refractivity contribution >= 4 is 0 Å². The van der Waals surface area contributed by atoms with Gasteiger partial charge < -0.3 is 22.6 Å². The van der Waals surface area contributed by atoms with Gasteiger partial charge in [-0.05, 0) is 0 Å². The molecule has 0 amide bonds. The molecule has 2 N–H and O–H groups in total. The number of rotatable bonds is 0. The van der Waals surface area contributed by atoms with Crippen LogP contribution in [0.2, 0.25) is 0 Å². The summed E-state index contributed by atoms with van der Waals surface area (Å²) < 4.78 is 1.86. The largest absolute Gasteiger partial charge is 1.00 e. The highest BCUT2D eigenvalue weighted by Gasteiger charge is 2.36. The lowest BCUT2D eigenvalue weighted by Crippen LogP contribution is -3.00. The van der Waals surface area contributed by atoms with Gasteiger partial charge in [-0.15, -0.1) is 0 Å². The third-order valence-corrected chi connectivity index (χ3v) is 2.03. The van der Waals surface area contributed by atoms with Crippen LogP contribution >= 0.6 is 0 Å². The van der Waals surface area contributed by atoms with Crippen molar-refractivity contribution in [2.75, 3.05) is 0 Å². The average molecular weight is 188 g/mol. The molecular formula is C8H10ClNO2. The van der Waals surface area contributed by atoms with Gasteiger partial charge in [0.2, 0.25) is 5.69 Å². The summed E-state index contributed by atoms with van der Waals surface area (Å²) in [6.45, 7) is 0.497. The zero-order chi connectivity index (χ0) is 7.84. The van der Waals surface area contributed by atoms with Crippen molar-refractivity contribution in [3.05, 3.63) is 30.1 Å². The van der Waals surface area contributed by atoms with Crippen LogP contribution in [0.1, 0.15) is 11.8 Å². The molecule has 0 aromatic carbocycles. The van der Waals surface area contributed by atoms with Gasteiger partial charge in [0.1, 0.15) is 6.10 Å². The van der Waals surface area contributed by atoms with Crippen LogP contribution in [-0.2, 0) is 6.54 Å². The number of pyridine rings is 1. The Balaban J connectivity index is 0.000000720. The van der Waals surface area contributed by atoms with Crippen LogP contribution in [0.3, 0.4) is 0 Å². The third-order valence-electron chi connectivity index (χ3n) is 2.03. The standard InChI is InChI=1S/C8H10NO2.ClH/c10-7-5-9-4-2-1-3-6(9)8(7)11;/h1-4,7-8,10-11H,5H2;1H/q+1;/p-1/t7-,8+;/m1./s1. The van der Waals surface area contributed by atoms with Gasteiger partial charge in [0.15, 0.2) is 18.8 Å². The molecular weight excluding hydrogens is 178 g/mol. The van der Waals surface area contributed by atoms with Crippen LogP contribution < -0.4 is 17.0 Å². The predicted molar refractivity (Wildman–Crippen MR) is 37.6 cm³/mol. The maximum Gasteiger partial charge on any atom is 0.213 e. The molecule has 66 valence electrons. The van der Waals surface area contributed by atoms with Crippen molar-refractivity contribution in [2.24, 2.45) is 0 Å². The fourth-order valence-corrected chi connectivity index (χ4v) is 1.42. The topological polar surface area (TPSA) is 44.3 Å². The molecule has 0 radical (unpaired) electrons. The first kappa shape index (κ1) is 9.45. The fourth-order valence-electron chi connectivity index (χ4n) is 1.42. The van der Waals surface area contributed by atoms with Gasteiger partial charge >= 0.3 is 0 Å². The molecule has 0 bridgehead atoms. The van der Waals surface area contributed by atoms with E-state index in [1.165, 1.54) is 0 Å². The normalized spacial score (nSPS) is 26.2. The summed E-state index contributed by atoms with van der Waals surface area (Å²) in [5.74, 6) is 0. The molecule has 1 aromatic rings. The van der Waals surface area contributed by atoms with E-state index >= 15 is 0 Å². The van der Waals surface area contributed by atoms with Crippen molar-refractivity contribution in [1.29, 1.82) is 0 Å². The minimum absolute atomic E-state index is 0. The maximum absolute atomic E-state index is 9.38. The molecule has 2 rings (SSSR count). The summed E-state index contributed by atoms with van der Waals surface area (Å²) in [6, 6.07) is 5.56. The molecule has 4 heteroatoms. The molecule has 12 heavy (non-hydrogen) atoms. The number of hydrogen-bond acceptors (Lipinski definition) is 2. The SMILES string of the molecule is O[C@@H]1C[n+]2ccccc2[C@@H]1O.[Cl-]. The number of nitrogens with zero attached hydrogens (tertiary/aromatic N) is 1. The highest BCUT2D eigenvalue weighted by molar-refractivity contribution is 5.04. The van der Waals surface area contributed by atoms with Crippen LogP contribution in [-0.4, -0.2) is 16.3 Å². The molecule has 0 saturated heterocycles. The van der Waals surface area contributed by atoms with E-state index in [9.17, 15) is 10.2 Å². The monoisotopic (exact) mass is 187 g/mol. The number of fused-ring (bicyclic) bond motifs is 1. The van der Waals surface area contributed by atoms with Gasteiger partial charge in [-0.25, -0.2) is 0 Å². The lowest BCUT2D eigenvalue weighted by Gasteiger charge is -1.98. The van der Waals surface area contributed by atoms with Gasteiger partial charge in [-0.3, -0.25) is 0 Å². The number of aliphatic hydroxyl groups excluding tert-OH is 2. The molecule has 1 aliphatic heterocycles. The number of halogens is 1. The summed E-state index contributed by atoms with van der Waals surface area (Å²) in [5.41, 5.74) is 0.792. The van der Waals surface area contributed by atoms with Crippen molar-refractivity contribution in [3.63, 3.8) is 0 Å². The van der Waals surface area contributed by atoms with Gasteiger partial charge in [0.05, 0.1) is 0 Å². The summed E-state index contributed by atoms with van der Waals surface area (Å²) in [7, 11) is 0. The van der Waals surface area contributed by atoms with E-state index in [1.54, 1.807) is 0 Å². The van der Waals surface area contributed by atoms with Crippen molar-refractivity contribution < 1.29 is 27.2 Å². The lowest BCUT2D eigenvalue weighted by atomic mass is 10.2. The molecule has 2 atom stereocenters. The van der Waals surface area contributed by atoms with E-state index in [4.69, 9.17) is 0 Å². The highest BCUT2D eigenvalue weighted by Crippen LogP contribution is 2.18. The summed E-state index contributed by atoms with van der Waals surface area (Å²) >= 11 is 0. The van der Waals surface area contributed by atoms with Crippen LogP contribution in [0.15, 0.2) is 24.4 Å². The average Bonchev–Trinajstić information content (AvgIpc) is 2.30. The van der Waals surface area contributed by atoms with Crippen LogP contribution in [0.25, 0.3) is 0 Å². The summed E-state index contributed by atoms with van der Waals surface area (Å²) in [5, 5.41) is 18.6. The molecule has 1 aromatic heterocycles. The maximum atomic E-state index is 9.38. The minimum Gasteiger partial charge on any atom is -1.00 e. The van der Waals surface area contributed by atoms with Crippen molar-refractivity contribution in [1.82, 2.24) is 0 Å². The first-order valence-electron chi connectivity index (χ1n) is 3.63. The third kappa shape index (κ3) is 1.31. The zero-order valence-electron chi connectivity index (χ0n) is 6.39. The zero-order valence-corrected chi connectivity index (χ0v) is 7.15. The molecule has 0 fully saturated rings. The Hall–Kier alpha value is -0.640. The molecule has 0 spiro atoms. The van der Waals surface area contributed by atoms with Gasteiger partial charge in [0.25, 0.3) is 0 Å². The predicted octanol–water partition coefficient (Wildman–Crippen LogP) is -3.61. The Morgan fingerprint density at radius 3 is 2.75 bits per heavy atom. The fraction of sp³-hybridized carbons (Fsp3) is 0.375. The first-order valence-corrected chi connectivity index (χ1v) is 3.63. The highest BCUT2D eigenvalue weighted by atomic mass is 35.5. The second-order valence-electron chi connectivity index (χ2n) is 2.79. The Kier molecular flexibility index (Phi) is 2.67. The van der Waals surface area contributed by atoms with Crippen molar-refractivity contribution in [2.45, 2.75) is 18.8 Å². The Bertz CT molecular complexity index is 280. The molecule has 1 aliphatic rings. The Morgan fingerprint density at radius 2 is 2.08 bits per heavy atom. The number of hydrogen-bond donors (Lipinski definition) is 2. The second kappa shape index (κ2) is 3.39. The molecule has 0 aliphatic carbocycles. The van der Waals surface area contributed by atoms with Crippen LogP contribution in [0.4, 0.5) is 0 Å². The van der Waals surface area contributed by atoms with E-state index in [1.807, 2.05) is 29.0 Å². The van der Waals surface area contributed by atoms with Crippen molar-refractivity contribution in [3.8, 4) is 0 Å². The summed E-state index contributed by atoms with van der Waals surface area (Å²) in [4.78, 5) is 0. The minimum atomic E-state index is -0.712. The van der Waals surface area contributed by atoms with Crippen LogP contribution in [0, 0.1) is 0 Å². The molecule has 2 heterocycles. The molecule has 0 unspecified atom stereocenters. The van der Waals surface area contributed by atoms with E-state index in [2.05, 4.69) is 0 Å². The van der Waals surface area contributed by atoms with Gasteiger partial charge in [-0.1, -0.05) is 6.07 Å². The first-order chi connectivity index (χ1) is 5.29. The van der Waals surface area contributed by atoms with Gasteiger partial charge in [0, 0.05) is 12.1 Å². The summed E-state index contributed by atoms with van der Waals surface area (Å²) in [6.07, 6.45) is 0.503. The van der Waals surface area contributed by atoms with E-state index in [0.717, 1.165) is 5.69 Å². The van der Waals surface area contributed by atoms with E-state index < -0.39 is 12.2 Å². The van der Waals surface area contributed by atoms with E-state index in [-0.39, 0.29) is 12.4 Å². The van der Waals surface area contributed by atoms with Crippen LogP contribution in [0.5, 0.6) is 0 Å². The number of aromatic nitrogens is 1.